The minimum Gasteiger partial charge on any atom is -0.454 e. The second-order valence-electron chi connectivity index (χ2n) is 6.39. The van der Waals surface area contributed by atoms with Crippen LogP contribution in [0.4, 0.5) is 0 Å². The summed E-state index contributed by atoms with van der Waals surface area (Å²) in [7, 11) is 0. The van der Waals surface area contributed by atoms with Crippen LogP contribution in [0.5, 0.6) is 11.5 Å². The normalized spacial score (nSPS) is 16.8. The van der Waals surface area contributed by atoms with Crippen LogP contribution in [-0.2, 0) is 6.54 Å². The van der Waals surface area contributed by atoms with E-state index in [1.807, 2.05) is 32.0 Å². The van der Waals surface area contributed by atoms with Crippen molar-refractivity contribution in [1.29, 1.82) is 0 Å². The van der Waals surface area contributed by atoms with Crippen molar-refractivity contribution < 1.29 is 9.47 Å². The van der Waals surface area contributed by atoms with E-state index < -0.39 is 0 Å². The van der Waals surface area contributed by atoms with Gasteiger partial charge < -0.3 is 9.47 Å². The third-order valence-corrected chi connectivity index (χ3v) is 6.02. The number of hydrogen-bond acceptors (Lipinski definition) is 5. The molecule has 6 heteroatoms. The van der Waals surface area contributed by atoms with Crippen molar-refractivity contribution in [1.82, 2.24) is 9.55 Å². The van der Waals surface area contributed by atoms with E-state index >= 15 is 0 Å². The van der Waals surface area contributed by atoms with E-state index in [9.17, 15) is 4.79 Å². The van der Waals surface area contributed by atoms with E-state index in [0.29, 0.717) is 6.54 Å². The van der Waals surface area contributed by atoms with Crippen molar-refractivity contribution in [2.24, 2.45) is 0 Å². The van der Waals surface area contributed by atoms with Gasteiger partial charge in [0.2, 0.25) is 6.79 Å². The lowest BCUT2D eigenvalue weighted by Gasteiger charge is -2.04. The van der Waals surface area contributed by atoms with Crippen LogP contribution >= 0.6 is 11.3 Å². The molecule has 2 aliphatic rings. The van der Waals surface area contributed by atoms with Gasteiger partial charge in [0, 0.05) is 11.4 Å². The van der Waals surface area contributed by atoms with Gasteiger partial charge in [0.1, 0.15) is 10.7 Å². The molecule has 0 saturated heterocycles. The van der Waals surface area contributed by atoms with Crippen LogP contribution in [0.15, 0.2) is 23.0 Å². The Morgan fingerprint density at radius 2 is 2.08 bits per heavy atom. The van der Waals surface area contributed by atoms with Gasteiger partial charge in [0.05, 0.1) is 5.39 Å². The Balaban J connectivity index is 1.65. The number of rotatable bonds is 1. The number of allylic oxidation sites excluding steroid dienone is 1. The lowest BCUT2D eigenvalue weighted by molar-refractivity contribution is 0.174. The van der Waals surface area contributed by atoms with Gasteiger partial charge in [0.15, 0.2) is 11.5 Å². The van der Waals surface area contributed by atoms with E-state index in [4.69, 9.17) is 14.5 Å². The molecule has 5 nitrogen and oxygen atoms in total. The number of aromatic nitrogens is 2. The van der Waals surface area contributed by atoms with E-state index in [-0.39, 0.29) is 12.4 Å². The van der Waals surface area contributed by atoms with E-state index in [1.165, 1.54) is 0 Å². The molecule has 0 atom stereocenters. The Labute approximate surface area is 148 Å². The predicted molar refractivity (Wildman–Crippen MR) is 98.4 cm³/mol. The zero-order valence-electron chi connectivity index (χ0n) is 14.0. The van der Waals surface area contributed by atoms with Gasteiger partial charge >= 0.3 is 0 Å². The molecule has 0 saturated carbocycles. The van der Waals surface area contributed by atoms with Crippen LogP contribution in [0.2, 0.25) is 0 Å². The Kier molecular flexibility index (Phi) is 3.06. The molecule has 2 aliphatic heterocycles. The highest BCUT2D eigenvalue weighted by Crippen LogP contribution is 2.35. The first-order chi connectivity index (χ1) is 12.1. The fourth-order valence-electron chi connectivity index (χ4n) is 3.46. The Hall–Kier alpha value is -2.60. The molecule has 25 heavy (non-hydrogen) atoms. The molecule has 0 spiro atoms. The van der Waals surface area contributed by atoms with Gasteiger partial charge in [0.25, 0.3) is 5.56 Å². The van der Waals surface area contributed by atoms with Crippen molar-refractivity contribution in [3.05, 3.63) is 50.4 Å². The largest absolute Gasteiger partial charge is 0.454 e. The minimum atomic E-state index is 0.0796. The number of hydrogen-bond donors (Lipinski definition) is 0. The topological polar surface area (TPSA) is 53.4 Å². The summed E-state index contributed by atoms with van der Waals surface area (Å²) in [5, 5.41) is 0.774. The summed E-state index contributed by atoms with van der Waals surface area (Å²) in [6.07, 6.45) is 2.90. The smallest absolute Gasteiger partial charge is 0.262 e. The van der Waals surface area contributed by atoms with Gasteiger partial charge in [-0.1, -0.05) is 6.07 Å². The van der Waals surface area contributed by atoms with E-state index in [0.717, 1.165) is 55.5 Å². The SMILES string of the molecule is Cc1sc2nc3n(c(=O)c2c1C)CCC3=Cc1ccc2c(c1)OCO2. The third kappa shape index (κ3) is 2.14. The van der Waals surface area contributed by atoms with Gasteiger partial charge in [-0.15, -0.1) is 11.3 Å². The predicted octanol–water partition coefficient (Wildman–Crippen LogP) is 3.75. The van der Waals surface area contributed by atoms with Crippen LogP contribution in [0.25, 0.3) is 21.9 Å². The van der Waals surface area contributed by atoms with Crippen molar-refractivity contribution in [2.75, 3.05) is 6.79 Å². The summed E-state index contributed by atoms with van der Waals surface area (Å²) in [6.45, 7) is 4.99. The lowest BCUT2D eigenvalue weighted by atomic mass is 10.1. The maximum absolute atomic E-state index is 12.9. The first-order valence-corrected chi connectivity index (χ1v) is 9.04. The Morgan fingerprint density at radius 1 is 1.24 bits per heavy atom. The zero-order valence-corrected chi connectivity index (χ0v) is 14.8. The lowest BCUT2D eigenvalue weighted by Crippen LogP contribution is -2.20. The summed E-state index contributed by atoms with van der Waals surface area (Å²) in [4.78, 5) is 19.7. The first-order valence-electron chi connectivity index (χ1n) is 8.23. The monoisotopic (exact) mass is 352 g/mol. The number of aryl methyl sites for hydroxylation is 2. The number of benzene rings is 1. The molecule has 3 aromatic rings. The van der Waals surface area contributed by atoms with Gasteiger partial charge in [-0.05, 0) is 55.2 Å². The molecule has 0 fully saturated rings. The maximum atomic E-state index is 12.9. The number of thiophene rings is 1. The minimum absolute atomic E-state index is 0.0796. The average Bonchev–Trinajstić information content (AvgIpc) is 3.28. The van der Waals surface area contributed by atoms with Crippen molar-refractivity contribution in [3.63, 3.8) is 0 Å². The number of nitrogens with zero attached hydrogens (tertiary/aromatic N) is 2. The van der Waals surface area contributed by atoms with Crippen LogP contribution < -0.4 is 15.0 Å². The zero-order chi connectivity index (χ0) is 17.1. The maximum Gasteiger partial charge on any atom is 0.262 e. The molecule has 0 bridgehead atoms. The van der Waals surface area contributed by atoms with Crippen molar-refractivity contribution >= 4 is 33.2 Å². The molecule has 0 N–H and O–H groups in total. The Morgan fingerprint density at radius 3 is 2.96 bits per heavy atom. The molecule has 0 aliphatic carbocycles. The highest BCUT2D eigenvalue weighted by Gasteiger charge is 2.23. The number of fused-ring (bicyclic) bond motifs is 3. The number of ether oxygens (including phenoxy) is 2. The highest BCUT2D eigenvalue weighted by atomic mass is 32.1. The molecule has 5 rings (SSSR count). The molecular formula is C19H16N2O3S. The molecule has 126 valence electrons. The van der Waals surface area contributed by atoms with Crippen molar-refractivity contribution in [3.8, 4) is 11.5 Å². The van der Waals surface area contributed by atoms with Crippen LogP contribution in [0, 0.1) is 13.8 Å². The molecule has 0 amide bonds. The second kappa shape index (κ2) is 5.20. The van der Waals surface area contributed by atoms with Gasteiger partial charge in [-0.25, -0.2) is 4.98 Å². The summed E-state index contributed by atoms with van der Waals surface area (Å²) >= 11 is 1.60. The fourth-order valence-corrected chi connectivity index (χ4v) is 4.48. The van der Waals surface area contributed by atoms with Gasteiger partial charge in [-0.2, -0.15) is 0 Å². The van der Waals surface area contributed by atoms with Crippen LogP contribution in [0.3, 0.4) is 0 Å². The van der Waals surface area contributed by atoms with E-state index in [1.54, 1.807) is 15.9 Å². The molecule has 0 unspecified atom stereocenters. The van der Waals surface area contributed by atoms with Gasteiger partial charge in [-0.3, -0.25) is 9.36 Å². The summed E-state index contributed by atoms with van der Waals surface area (Å²) in [5.41, 5.74) is 3.25. The Bertz CT molecular complexity index is 1120. The quantitative estimate of drug-likeness (QED) is 0.669. The second-order valence-corrected chi connectivity index (χ2v) is 7.59. The first kappa shape index (κ1) is 14.7. The molecular weight excluding hydrogens is 336 g/mol. The summed E-state index contributed by atoms with van der Waals surface area (Å²) < 4.78 is 12.6. The molecule has 1 aromatic carbocycles. The molecule has 4 heterocycles. The van der Waals surface area contributed by atoms with E-state index in [2.05, 4.69) is 6.08 Å². The third-order valence-electron chi connectivity index (χ3n) is 4.92. The molecule has 2 aromatic heterocycles. The standard InChI is InChI=1S/C19H16N2O3S/c1-10-11(2)25-18-16(10)19(22)21-6-5-13(17(21)20-18)7-12-3-4-14-15(8-12)24-9-23-14/h3-4,7-8H,5-6,9H2,1-2H3. The summed E-state index contributed by atoms with van der Waals surface area (Å²) in [5.74, 6) is 2.32. The summed E-state index contributed by atoms with van der Waals surface area (Å²) in [6, 6.07) is 5.88. The fraction of sp³-hybridized carbons (Fsp3) is 0.263. The van der Waals surface area contributed by atoms with Crippen LogP contribution in [0.1, 0.15) is 28.2 Å². The highest BCUT2D eigenvalue weighted by molar-refractivity contribution is 7.18. The average molecular weight is 352 g/mol. The molecule has 0 radical (unpaired) electrons. The van der Waals surface area contributed by atoms with Crippen LogP contribution in [-0.4, -0.2) is 16.3 Å². The van der Waals surface area contributed by atoms with Crippen molar-refractivity contribution in [2.45, 2.75) is 26.8 Å².